The minimum Gasteiger partial charge on any atom is -0.306 e. The lowest BCUT2D eigenvalue weighted by atomic mass is 10.1. The second kappa shape index (κ2) is 6.84. The highest BCUT2D eigenvalue weighted by Gasteiger charge is 2.11. The summed E-state index contributed by atoms with van der Waals surface area (Å²) in [6.07, 6.45) is 3.56. The van der Waals surface area contributed by atoms with Gasteiger partial charge in [0.05, 0.1) is 16.6 Å². The molecule has 0 bridgehead atoms. The minimum atomic E-state index is -0.150. The zero-order valence-electron chi connectivity index (χ0n) is 13.9. The topological polar surface area (TPSA) is 73.7 Å². The molecule has 1 saturated heterocycles. The van der Waals surface area contributed by atoms with E-state index in [-0.39, 0.29) is 5.56 Å². The van der Waals surface area contributed by atoms with E-state index in [0.29, 0.717) is 22.4 Å². The molecule has 6 heteroatoms. The maximum absolute atomic E-state index is 12.3. The molecule has 0 amide bonds. The van der Waals surface area contributed by atoms with Gasteiger partial charge in [0.25, 0.3) is 5.56 Å². The first-order valence-corrected chi connectivity index (χ1v) is 8.56. The maximum atomic E-state index is 12.3. The van der Waals surface area contributed by atoms with Gasteiger partial charge in [-0.3, -0.25) is 9.80 Å². The quantitative estimate of drug-likeness (QED) is 0.734. The van der Waals surface area contributed by atoms with Gasteiger partial charge in [0.15, 0.2) is 0 Å². The third kappa shape index (κ3) is 3.28. The highest BCUT2D eigenvalue weighted by molar-refractivity contribution is 5.81. The molecule has 2 heterocycles. The SMILES string of the molecule is O=c1[nH]c(-c2ccccc2N=NN2CCCCC2)nc2ccccc12. The number of benzene rings is 2. The van der Waals surface area contributed by atoms with E-state index < -0.39 is 0 Å². The van der Waals surface area contributed by atoms with E-state index >= 15 is 0 Å². The number of rotatable bonds is 3. The number of aromatic amines is 1. The molecule has 0 spiro atoms. The Kier molecular flexibility index (Phi) is 4.24. The molecule has 1 aliphatic heterocycles. The molecule has 1 fully saturated rings. The Morgan fingerprint density at radius 3 is 2.60 bits per heavy atom. The summed E-state index contributed by atoms with van der Waals surface area (Å²) in [5, 5.41) is 11.3. The lowest BCUT2D eigenvalue weighted by Gasteiger charge is -2.21. The van der Waals surface area contributed by atoms with Crippen LogP contribution < -0.4 is 5.56 Å². The van der Waals surface area contributed by atoms with Gasteiger partial charge in [-0.2, -0.15) is 0 Å². The summed E-state index contributed by atoms with van der Waals surface area (Å²) in [6, 6.07) is 14.9. The van der Waals surface area contributed by atoms with Gasteiger partial charge in [0.1, 0.15) is 5.82 Å². The molecule has 3 aromatic rings. The molecule has 0 unspecified atom stereocenters. The van der Waals surface area contributed by atoms with Crippen LogP contribution in [0.1, 0.15) is 19.3 Å². The Morgan fingerprint density at radius 1 is 0.960 bits per heavy atom. The summed E-state index contributed by atoms with van der Waals surface area (Å²) < 4.78 is 0. The Bertz CT molecular complexity index is 973. The second-order valence-electron chi connectivity index (χ2n) is 6.15. The number of aromatic nitrogens is 2. The molecule has 2 aromatic carbocycles. The summed E-state index contributed by atoms with van der Waals surface area (Å²) in [5.41, 5.74) is 1.99. The summed E-state index contributed by atoms with van der Waals surface area (Å²) in [6.45, 7) is 1.88. The van der Waals surface area contributed by atoms with E-state index in [9.17, 15) is 4.79 Å². The fraction of sp³-hybridized carbons (Fsp3) is 0.263. The van der Waals surface area contributed by atoms with Crippen molar-refractivity contribution in [2.75, 3.05) is 13.1 Å². The molecule has 0 aliphatic carbocycles. The van der Waals surface area contributed by atoms with E-state index in [1.165, 1.54) is 6.42 Å². The standard InChI is InChI=1S/C19H19N5O/c25-19-15-9-3-4-10-16(15)20-18(21-19)14-8-2-5-11-17(14)22-23-24-12-6-1-7-13-24/h2-5,8-11H,1,6-7,12-13H2,(H,20,21,25). The first-order chi connectivity index (χ1) is 12.3. The molecule has 6 nitrogen and oxygen atoms in total. The molecule has 126 valence electrons. The predicted octanol–water partition coefficient (Wildman–Crippen LogP) is 4.07. The lowest BCUT2D eigenvalue weighted by molar-refractivity contribution is 0.224. The summed E-state index contributed by atoms with van der Waals surface area (Å²) in [7, 11) is 0. The Morgan fingerprint density at radius 2 is 1.72 bits per heavy atom. The van der Waals surface area contributed by atoms with Gasteiger partial charge in [0.2, 0.25) is 0 Å². The van der Waals surface area contributed by atoms with Crippen LogP contribution in [0.5, 0.6) is 0 Å². The van der Waals surface area contributed by atoms with Gasteiger partial charge in [0, 0.05) is 18.7 Å². The second-order valence-corrected chi connectivity index (χ2v) is 6.15. The average Bonchev–Trinajstić information content (AvgIpc) is 2.67. The van der Waals surface area contributed by atoms with Crippen LogP contribution in [0.25, 0.3) is 22.3 Å². The Hall–Kier alpha value is -3.02. The highest BCUT2D eigenvalue weighted by Crippen LogP contribution is 2.28. The van der Waals surface area contributed by atoms with Crippen molar-refractivity contribution in [2.24, 2.45) is 10.3 Å². The van der Waals surface area contributed by atoms with Crippen LogP contribution >= 0.6 is 0 Å². The van der Waals surface area contributed by atoms with E-state index in [2.05, 4.69) is 20.3 Å². The van der Waals surface area contributed by atoms with Gasteiger partial charge >= 0.3 is 0 Å². The van der Waals surface area contributed by atoms with Crippen molar-refractivity contribution in [3.8, 4) is 11.4 Å². The van der Waals surface area contributed by atoms with Gasteiger partial charge < -0.3 is 4.98 Å². The molecule has 1 aliphatic rings. The number of H-pyrrole nitrogens is 1. The van der Waals surface area contributed by atoms with E-state index in [1.807, 2.05) is 47.5 Å². The molecule has 0 saturated carbocycles. The van der Waals surface area contributed by atoms with E-state index in [0.717, 1.165) is 31.5 Å². The number of piperidine rings is 1. The van der Waals surface area contributed by atoms with Crippen LogP contribution in [-0.2, 0) is 0 Å². The monoisotopic (exact) mass is 333 g/mol. The zero-order chi connectivity index (χ0) is 17.1. The van der Waals surface area contributed by atoms with E-state index in [1.54, 1.807) is 6.07 Å². The predicted molar refractivity (Wildman–Crippen MR) is 97.7 cm³/mol. The van der Waals surface area contributed by atoms with Gasteiger partial charge in [-0.25, -0.2) is 4.98 Å². The Balaban J connectivity index is 1.73. The third-order valence-electron chi connectivity index (χ3n) is 4.38. The number of fused-ring (bicyclic) bond motifs is 1. The van der Waals surface area contributed by atoms with Crippen molar-refractivity contribution in [1.82, 2.24) is 15.0 Å². The minimum absolute atomic E-state index is 0.150. The molecule has 1 N–H and O–H groups in total. The largest absolute Gasteiger partial charge is 0.306 e. The number of hydrogen-bond donors (Lipinski definition) is 1. The van der Waals surface area contributed by atoms with Gasteiger partial charge in [-0.05, 0) is 43.5 Å². The van der Waals surface area contributed by atoms with Crippen molar-refractivity contribution in [2.45, 2.75) is 19.3 Å². The molecule has 0 radical (unpaired) electrons. The summed E-state index contributed by atoms with van der Waals surface area (Å²) in [5.74, 6) is 0.511. The number of hydrogen-bond acceptors (Lipinski definition) is 4. The fourth-order valence-corrected chi connectivity index (χ4v) is 3.05. The first-order valence-electron chi connectivity index (χ1n) is 8.56. The van der Waals surface area contributed by atoms with Crippen LogP contribution in [-0.4, -0.2) is 28.1 Å². The zero-order valence-corrected chi connectivity index (χ0v) is 13.9. The average molecular weight is 333 g/mol. The fourth-order valence-electron chi connectivity index (χ4n) is 3.05. The number of nitrogens with one attached hydrogen (secondary N) is 1. The lowest BCUT2D eigenvalue weighted by Crippen LogP contribution is -2.23. The van der Waals surface area contributed by atoms with Gasteiger partial charge in [-0.15, -0.1) is 5.11 Å². The molecule has 25 heavy (non-hydrogen) atoms. The van der Waals surface area contributed by atoms with Crippen molar-refractivity contribution in [3.05, 3.63) is 58.9 Å². The first kappa shape index (κ1) is 15.5. The summed E-state index contributed by atoms with van der Waals surface area (Å²) in [4.78, 5) is 19.8. The number of nitrogens with zero attached hydrogens (tertiary/aromatic N) is 4. The normalized spacial score (nSPS) is 15.1. The van der Waals surface area contributed by atoms with Crippen LogP contribution in [0.15, 0.2) is 63.7 Å². The van der Waals surface area contributed by atoms with Gasteiger partial charge in [-0.1, -0.05) is 29.5 Å². The number of para-hydroxylation sites is 1. The molecule has 0 atom stereocenters. The molecule has 1 aromatic heterocycles. The molecular weight excluding hydrogens is 314 g/mol. The van der Waals surface area contributed by atoms with Crippen molar-refractivity contribution < 1.29 is 0 Å². The van der Waals surface area contributed by atoms with Crippen LogP contribution in [0.4, 0.5) is 5.69 Å². The van der Waals surface area contributed by atoms with Crippen LogP contribution in [0.3, 0.4) is 0 Å². The van der Waals surface area contributed by atoms with Crippen molar-refractivity contribution in [3.63, 3.8) is 0 Å². The smallest absolute Gasteiger partial charge is 0.259 e. The molecular formula is C19H19N5O. The molecule has 4 rings (SSSR count). The van der Waals surface area contributed by atoms with Crippen molar-refractivity contribution >= 4 is 16.6 Å². The van der Waals surface area contributed by atoms with Crippen LogP contribution in [0, 0.1) is 0 Å². The third-order valence-corrected chi connectivity index (χ3v) is 4.38. The summed E-state index contributed by atoms with van der Waals surface area (Å²) >= 11 is 0. The van der Waals surface area contributed by atoms with Crippen LogP contribution in [0.2, 0.25) is 0 Å². The maximum Gasteiger partial charge on any atom is 0.259 e. The Labute approximate surface area is 145 Å². The highest BCUT2D eigenvalue weighted by atomic mass is 16.1. The van der Waals surface area contributed by atoms with E-state index in [4.69, 9.17) is 0 Å². The van der Waals surface area contributed by atoms with Crippen molar-refractivity contribution in [1.29, 1.82) is 0 Å².